The van der Waals surface area contributed by atoms with E-state index in [1.165, 1.54) is 12.1 Å². The normalized spacial score (nSPS) is 10.5. The SMILES string of the molecule is CCOC(=O)c1cc(Nc2c(F)cc(F)cc2Cl)c(Cl)cc1Cl. The molecule has 122 valence electrons. The average Bonchev–Trinajstić information content (AvgIpc) is 2.44. The Morgan fingerprint density at radius 1 is 1.09 bits per heavy atom. The average molecular weight is 381 g/mol. The first-order valence-electron chi connectivity index (χ1n) is 6.41. The second-order valence-electron chi connectivity index (χ2n) is 4.40. The van der Waals surface area contributed by atoms with Gasteiger partial charge in [-0.2, -0.15) is 0 Å². The molecule has 0 aliphatic heterocycles. The molecule has 2 rings (SSSR count). The number of hydrogen-bond donors (Lipinski definition) is 1. The molecule has 1 N–H and O–H groups in total. The van der Waals surface area contributed by atoms with E-state index in [-0.39, 0.29) is 38.6 Å². The third-order valence-electron chi connectivity index (χ3n) is 2.82. The van der Waals surface area contributed by atoms with Crippen molar-refractivity contribution in [2.75, 3.05) is 11.9 Å². The standard InChI is InChI=1S/C15H10Cl3F2NO2/c1-2-23-15(22)8-5-13(10(17)6-9(8)16)21-14-11(18)3-7(19)4-12(14)20/h3-6,21H,2H2,1H3. The van der Waals surface area contributed by atoms with Crippen LogP contribution < -0.4 is 5.32 Å². The van der Waals surface area contributed by atoms with Gasteiger partial charge in [0.25, 0.3) is 0 Å². The molecule has 0 saturated carbocycles. The lowest BCUT2D eigenvalue weighted by Crippen LogP contribution is -2.06. The van der Waals surface area contributed by atoms with E-state index < -0.39 is 17.6 Å². The molecular formula is C15H10Cl3F2NO2. The number of anilines is 2. The summed E-state index contributed by atoms with van der Waals surface area (Å²) in [5, 5.41) is 2.67. The van der Waals surface area contributed by atoms with E-state index in [9.17, 15) is 13.6 Å². The van der Waals surface area contributed by atoms with Gasteiger partial charge < -0.3 is 10.1 Å². The maximum absolute atomic E-state index is 13.8. The molecule has 2 aromatic rings. The Kier molecular flexibility index (Phi) is 5.68. The fourth-order valence-corrected chi connectivity index (χ4v) is 2.56. The smallest absolute Gasteiger partial charge is 0.339 e. The summed E-state index contributed by atoms with van der Waals surface area (Å²) in [5.41, 5.74) is 0.0534. The summed E-state index contributed by atoms with van der Waals surface area (Å²) >= 11 is 17.8. The minimum atomic E-state index is -0.904. The molecule has 0 radical (unpaired) electrons. The molecule has 2 aromatic carbocycles. The van der Waals surface area contributed by atoms with Gasteiger partial charge in [0.05, 0.1) is 38.6 Å². The molecule has 0 saturated heterocycles. The lowest BCUT2D eigenvalue weighted by molar-refractivity contribution is 0.0526. The van der Waals surface area contributed by atoms with Crippen LogP contribution in [0.1, 0.15) is 17.3 Å². The molecule has 0 fully saturated rings. The van der Waals surface area contributed by atoms with Crippen molar-refractivity contribution >= 4 is 52.1 Å². The predicted octanol–water partition coefficient (Wildman–Crippen LogP) is 5.85. The number of hydrogen-bond acceptors (Lipinski definition) is 3. The summed E-state index contributed by atoms with van der Waals surface area (Å²) in [6.07, 6.45) is 0. The van der Waals surface area contributed by atoms with Gasteiger partial charge in [0.2, 0.25) is 0 Å². The quantitative estimate of drug-likeness (QED) is 0.677. The zero-order valence-corrected chi connectivity index (χ0v) is 14.0. The molecule has 23 heavy (non-hydrogen) atoms. The van der Waals surface area contributed by atoms with Gasteiger partial charge in [-0.15, -0.1) is 0 Å². The first kappa shape index (κ1) is 17.8. The Morgan fingerprint density at radius 2 is 1.78 bits per heavy atom. The summed E-state index contributed by atoms with van der Waals surface area (Å²) in [4.78, 5) is 11.8. The van der Waals surface area contributed by atoms with E-state index in [4.69, 9.17) is 39.5 Å². The summed E-state index contributed by atoms with van der Waals surface area (Å²) in [6, 6.07) is 4.24. The molecule has 0 aliphatic rings. The van der Waals surface area contributed by atoms with Gasteiger partial charge in [-0.05, 0) is 25.1 Å². The highest BCUT2D eigenvalue weighted by Gasteiger charge is 2.17. The van der Waals surface area contributed by atoms with Crippen molar-refractivity contribution in [2.45, 2.75) is 6.92 Å². The Bertz CT molecular complexity index is 746. The summed E-state index contributed by atoms with van der Waals surface area (Å²) < 4.78 is 31.8. The largest absolute Gasteiger partial charge is 0.462 e. The van der Waals surface area contributed by atoms with Crippen molar-refractivity contribution in [2.24, 2.45) is 0 Å². The molecule has 0 spiro atoms. The molecule has 0 aliphatic carbocycles. The molecule has 0 unspecified atom stereocenters. The summed E-state index contributed by atoms with van der Waals surface area (Å²) in [5.74, 6) is -2.37. The van der Waals surface area contributed by atoms with Gasteiger partial charge in [-0.3, -0.25) is 0 Å². The Morgan fingerprint density at radius 3 is 2.39 bits per heavy atom. The minimum absolute atomic E-state index is 0.0547. The van der Waals surface area contributed by atoms with Crippen LogP contribution >= 0.6 is 34.8 Å². The third kappa shape index (κ3) is 4.05. The Hall–Kier alpha value is -1.56. The fourth-order valence-electron chi connectivity index (χ4n) is 1.81. The van der Waals surface area contributed by atoms with Gasteiger partial charge in [0, 0.05) is 6.07 Å². The van der Waals surface area contributed by atoms with Gasteiger partial charge >= 0.3 is 5.97 Å². The Balaban J connectivity index is 2.45. The van der Waals surface area contributed by atoms with Gasteiger partial charge in [-0.1, -0.05) is 34.8 Å². The van der Waals surface area contributed by atoms with Crippen LogP contribution in [-0.2, 0) is 4.74 Å². The first-order valence-corrected chi connectivity index (χ1v) is 7.54. The van der Waals surface area contributed by atoms with Gasteiger partial charge in [0.15, 0.2) is 5.82 Å². The van der Waals surface area contributed by atoms with Crippen LogP contribution in [0.5, 0.6) is 0 Å². The molecule has 0 amide bonds. The van der Waals surface area contributed by atoms with Crippen molar-refractivity contribution in [1.29, 1.82) is 0 Å². The Labute approximate surface area is 146 Å². The third-order valence-corrected chi connectivity index (χ3v) is 3.74. The van der Waals surface area contributed by atoms with E-state index in [1.807, 2.05) is 0 Å². The number of esters is 1. The molecule has 8 heteroatoms. The van der Waals surface area contributed by atoms with Crippen molar-refractivity contribution in [3.05, 3.63) is 56.5 Å². The van der Waals surface area contributed by atoms with E-state index >= 15 is 0 Å². The van der Waals surface area contributed by atoms with Gasteiger partial charge in [0.1, 0.15) is 5.82 Å². The highest BCUT2D eigenvalue weighted by Crippen LogP contribution is 2.35. The second-order valence-corrected chi connectivity index (χ2v) is 5.62. The van der Waals surface area contributed by atoms with Crippen molar-refractivity contribution in [1.82, 2.24) is 0 Å². The van der Waals surface area contributed by atoms with Crippen LogP contribution in [0.25, 0.3) is 0 Å². The molecule has 0 atom stereocenters. The van der Waals surface area contributed by atoms with Crippen LogP contribution in [0.15, 0.2) is 24.3 Å². The number of carbonyl (C=O) groups excluding carboxylic acids is 1. The maximum atomic E-state index is 13.8. The van der Waals surface area contributed by atoms with Crippen LogP contribution in [0, 0.1) is 11.6 Å². The molecular weight excluding hydrogens is 371 g/mol. The van der Waals surface area contributed by atoms with E-state index in [2.05, 4.69) is 5.32 Å². The molecule has 0 aromatic heterocycles. The predicted molar refractivity (Wildman–Crippen MR) is 87.1 cm³/mol. The number of ether oxygens (including phenoxy) is 1. The number of halogens is 5. The van der Waals surface area contributed by atoms with Crippen molar-refractivity contribution < 1.29 is 18.3 Å². The number of nitrogens with one attached hydrogen (secondary N) is 1. The van der Waals surface area contributed by atoms with Crippen LogP contribution in [0.4, 0.5) is 20.2 Å². The van der Waals surface area contributed by atoms with E-state index in [0.29, 0.717) is 6.07 Å². The lowest BCUT2D eigenvalue weighted by atomic mass is 10.2. The zero-order valence-electron chi connectivity index (χ0n) is 11.7. The van der Waals surface area contributed by atoms with Crippen LogP contribution in [0.2, 0.25) is 15.1 Å². The second kappa shape index (κ2) is 7.34. The topological polar surface area (TPSA) is 38.3 Å². The molecule has 0 heterocycles. The highest BCUT2D eigenvalue weighted by molar-refractivity contribution is 6.38. The number of benzene rings is 2. The maximum Gasteiger partial charge on any atom is 0.339 e. The van der Waals surface area contributed by atoms with E-state index in [1.54, 1.807) is 6.92 Å². The van der Waals surface area contributed by atoms with Crippen LogP contribution in [0.3, 0.4) is 0 Å². The lowest BCUT2D eigenvalue weighted by Gasteiger charge is -2.13. The van der Waals surface area contributed by atoms with Crippen molar-refractivity contribution in [3.63, 3.8) is 0 Å². The van der Waals surface area contributed by atoms with Gasteiger partial charge in [-0.25, -0.2) is 13.6 Å². The summed E-state index contributed by atoms with van der Waals surface area (Å²) in [7, 11) is 0. The van der Waals surface area contributed by atoms with E-state index in [0.717, 1.165) is 6.07 Å². The molecule has 3 nitrogen and oxygen atoms in total. The zero-order chi connectivity index (χ0) is 17.1. The highest BCUT2D eigenvalue weighted by atomic mass is 35.5. The first-order chi connectivity index (χ1) is 10.8. The van der Waals surface area contributed by atoms with Crippen LogP contribution in [-0.4, -0.2) is 12.6 Å². The summed E-state index contributed by atoms with van der Waals surface area (Å²) in [6.45, 7) is 1.81. The molecule has 0 bridgehead atoms. The fraction of sp³-hybridized carbons (Fsp3) is 0.133. The monoisotopic (exact) mass is 379 g/mol. The number of rotatable bonds is 4. The number of carbonyl (C=O) groups is 1. The minimum Gasteiger partial charge on any atom is -0.462 e. The van der Waals surface area contributed by atoms with Crippen molar-refractivity contribution in [3.8, 4) is 0 Å².